The highest BCUT2D eigenvalue weighted by Gasteiger charge is 2.05. The summed E-state index contributed by atoms with van der Waals surface area (Å²) >= 11 is 1.31. The highest BCUT2D eigenvalue weighted by atomic mass is 32.1. The van der Waals surface area contributed by atoms with Gasteiger partial charge in [-0.05, 0) is 23.6 Å². The number of hydrazone groups is 1. The third-order valence-corrected chi connectivity index (χ3v) is 3.03. The van der Waals surface area contributed by atoms with Crippen molar-refractivity contribution in [2.45, 2.75) is 0 Å². The second-order valence-electron chi connectivity index (χ2n) is 3.39. The molecule has 0 unspecified atom stereocenters. The van der Waals surface area contributed by atoms with E-state index < -0.39 is 0 Å². The summed E-state index contributed by atoms with van der Waals surface area (Å²) in [6, 6.07) is 7.94. The van der Waals surface area contributed by atoms with Gasteiger partial charge in [0.2, 0.25) is 0 Å². The fourth-order valence-electron chi connectivity index (χ4n) is 1.28. The monoisotopic (exact) mass is 262 g/mol. The van der Waals surface area contributed by atoms with Crippen molar-refractivity contribution in [3.63, 3.8) is 0 Å². The van der Waals surface area contributed by atoms with E-state index in [0.717, 1.165) is 0 Å². The van der Waals surface area contributed by atoms with Crippen molar-refractivity contribution in [1.29, 1.82) is 0 Å². The largest absolute Gasteiger partial charge is 0.504 e. The Bertz CT molecular complexity index is 579. The number of carbonyl (C=O) groups excluding carboxylic acids is 1. The van der Waals surface area contributed by atoms with Gasteiger partial charge in [-0.2, -0.15) is 5.10 Å². The highest BCUT2D eigenvalue weighted by molar-refractivity contribution is 7.12. The van der Waals surface area contributed by atoms with Crippen LogP contribution in [0.1, 0.15) is 15.2 Å². The van der Waals surface area contributed by atoms with E-state index in [0.29, 0.717) is 10.4 Å². The van der Waals surface area contributed by atoms with Gasteiger partial charge in [0.15, 0.2) is 11.5 Å². The van der Waals surface area contributed by atoms with Gasteiger partial charge in [-0.15, -0.1) is 11.3 Å². The Balaban J connectivity index is 2.04. The minimum absolute atomic E-state index is 0.233. The molecule has 1 aromatic carbocycles. The van der Waals surface area contributed by atoms with Crippen LogP contribution in [0.5, 0.6) is 11.5 Å². The van der Waals surface area contributed by atoms with Gasteiger partial charge < -0.3 is 10.2 Å². The third kappa shape index (κ3) is 2.67. The molecule has 0 aliphatic heterocycles. The average Bonchev–Trinajstić information content (AvgIpc) is 2.88. The number of rotatable bonds is 3. The second kappa shape index (κ2) is 5.33. The molecule has 1 aromatic heterocycles. The summed E-state index contributed by atoms with van der Waals surface area (Å²) in [5, 5.41) is 24.3. The Morgan fingerprint density at radius 1 is 1.28 bits per heavy atom. The first kappa shape index (κ1) is 12.1. The highest BCUT2D eigenvalue weighted by Crippen LogP contribution is 2.26. The Kier molecular flexibility index (Phi) is 3.59. The molecule has 2 aromatic rings. The molecule has 0 saturated carbocycles. The number of thiophene rings is 1. The molecule has 0 atom stereocenters. The van der Waals surface area contributed by atoms with Gasteiger partial charge in [0.25, 0.3) is 5.91 Å². The number of nitrogens with zero attached hydrogens (tertiary/aromatic N) is 1. The van der Waals surface area contributed by atoms with Crippen molar-refractivity contribution in [2.75, 3.05) is 0 Å². The summed E-state index contributed by atoms with van der Waals surface area (Å²) in [7, 11) is 0. The smallest absolute Gasteiger partial charge is 0.281 e. The first-order valence-electron chi connectivity index (χ1n) is 5.06. The molecule has 0 saturated heterocycles. The van der Waals surface area contributed by atoms with E-state index in [-0.39, 0.29) is 17.4 Å². The van der Waals surface area contributed by atoms with Crippen LogP contribution in [-0.4, -0.2) is 22.3 Å². The molecular formula is C12H10N2O3S. The Labute approximate surface area is 107 Å². The summed E-state index contributed by atoms with van der Waals surface area (Å²) in [5.74, 6) is -0.823. The van der Waals surface area contributed by atoms with Crippen LogP contribution in [0.4, 0.5) is 0 Å². The van der Waals surface area contributed by atoms with Gasteiger partial charge in [-0.3, -0.25) is 4.79 Å². The average molecular weight is 262 g/mol. The minimum Gasteiger partial charge on any atom is -0.504 e. The van der Waals surface area contributed by atoms with E-state index in [4.69, 9.17) is 0 Å². The van der Waals surface area contributed by atoms with Crippen LogP contribution in [0.2, 0.25) is 0 Å². The van der Waals surface area contributed by atoms with E-state index in [1.54, 1.807) is 29.6 Å². The van der Waals surface area contributed by atoms with Gasteiger partial charge >= 0.3 is 0 Å². The molecule has 92 valence electrons. The molecule has 0 aliphatic carbocycles. The maximum absolute atomic E-state index is 11.5. The summed E-state index contributed by atoms with van der Waals surface area (Å²) in [5.41, 5.74) is 2.65. The number of nitrogens with one attached hydrogen (secondary N) is 1. The summed E-state index contributed by atoms with van der Waals surface area (Å²) in [6.07, 6.45) is 1.26. The van der Waals surface area contributed by atoms with Crippen molar-refractivity contribution in [2.24, 2.45) is 5.10 Å². The predicted octanol–water partition coefficient (Wildman–Crippen LogP) is 1.92. The quantitative estimate of drug-likeness (QED) is 0.449. The molecule has 5 nitrogen and oxygen atoms in total. The lowest BCUT2D eigenvalue weighted by Crippen LogP contribution is -2.16. The van der Waals surface area contributed by atoms with Crippen LogP contribution in [0.15, 0.2) is 40.8 Å². The van der Waals surface area contributed by atoms with Gasteiger partial charge in [0.05, 0.1) is 11.1 Å². The van der Waals surface area contributed by atoms with E-state index in [1.807, 2.05) is 0 Å². The maximum atomic E-state index is 11.5. The molecule has 18 heavy (non-hydrogen) atoms. The van der Waals surface area contributed by atoms with E-state index >= 15 is 0 Å². The molecule has 0 bridgehead atoms. The van der Waals surface area contributed by atoms with Crippen molar-refractivity contribution >= 4 is 23.5 Å². The van der Waals surface area contributed by atoms with Crippen molar-refractivity contribution in [3.8, 4) is 11.5 Å². The zero-order valence-electron chi connectivity index (χ0n) is 9.20. The number of phenols is 2. The fourth-order valence-corrected chi connectivity index (χ4v) is 1.89. The third-order valence-electron chi connectivity index (χ3n) is 2.16. The molecule has 0 radical (unpaired) electrons. The van der Waals surface area contributed by atoms with Gasteiger partial charge in [0.1, 0.15) is 0 Å². The van der Waals surface area contributed by atoms with Crippen LogP contribution >= 0.6 is 11.3 Å². The number of carbonyl (C=O) groups is 1. The lowest BCUT2D eigenvalue weighted by atomic mass is 10.2. The Morgan fingerprint density at radius 2 is 2.11 bits per heavy atom. The maximum Gasteiger partial charge on any atom is 0.281 e. The summed E-state index contributed by atoms with van der Waals surface area (Å²) < 4.78 is 0. The molecule has 6 heteroatoms. The number of phenolic OH excluding ortho intramolecular Hbond substituents is 2. The predicted molar refractivity (Wildman–Crippen MR) is 69.2 cm³/mol. The van der Waals surface area contributed by atoms with Gasteiger partial charge in [-0.25, -0.2) is 5.43 Å². The molecule has 0 fully saturated rings. The first-order valence-corrected chi connectivity index (χ1v) is 5.94. The van der Waals surface area contributed by atoms with E-state index in [1.165, 1.54) is 23.6 Å². The summed E-state index contributed by atoms with van der Waals surface area (Å²) in [6.45, 7) is 0. The first-order chi connectivity index (χ1) is 8.68. The van der Waals surface area contributed by atoms with Crippen LogP contribution in [0, 0.1) is 0 Å². The number of hydrogen-bond donors (Lipinski definition) is 3. The lowest BCUT2D eigenvalue weighted by molar-refractivity contribution is 0.0959. The van der Waals surface area contributed by atoms with E-state index in [2.05, 4.69) is 10.5 Å². The number of aromatic hydroxyl groups is 2. The van der Waals surface area contributed by atoms with Crippen LogP contribution in [-0.2, 0) is 0 Å². The van der Waals surface area contributed by atoms with Crippen LogP contribution in [0.3, 0.4) is 0 Å². The molecule has 0 aliphatic rings. The molecule has 1 heterocycles. The van der Waals surface area contributed by atoms with Crippen LogP contribution < -0.4 is 5.43 Å². The van der Waals surface area contributed by atoms with Crippen molar-refractivity contribution in [1.82, 2.24) is 5.43 Å². The van der Waals surface area contributed by atoms with Gasteiger partial charge in [0, 0.05) is 5.56 Å². The molecule has 3 N–H and O–H groups in total. The fraction of sp³-hybridized carbons (Fsp3) is 0. The van der Waals surface area contributed by atoms with E-state index in [9.17, 15) is 15.0 Å². The zero-order chi connectivity index (χ0) is 13.0. The Morgan fingerprint density at radius 3 is 2.83 bits per heavy atom. The molecule has 0 spiro atoms. The van der Waals surface area contributed by atoms with Crippen molar-refractivity contribution < 1.29 is 15.0 Å². The molecule has 2 rings (SSSR count). The molecular weight excluding hydrogens is 252 g/mol. The minimum atomic E-state index is -0.319. The number of benzene rings is 1. The lowest BCUT2D eigenvalue weighted by Gasteiger charge is -2.00. The second-order valence-corrected chi connectivity index (χ2v) is 4.34. The number of amides is 1. The topological polar surface area (TPSA) is 81.9 Å². The summed E-state index contributed by atoms with van der Waals surface area (Å²) in [4.78, 5) is 12.1. The SMILES string of the molecule is O=C(NN=Cc1cccc(O)c1O)c1cccs1. The standard InChI is InChI=1S/C12H10N2O3S/c15-9-4-1-3-8(11(9)16)7-13-14-12(17)10-5-2-6-18-10/h1-7,15-16H,(H,14,17). The normalized spacial score (nSPS) is 10.7. The number of para-hydroxylation sites is 1. The zero-order valence-corrected chi connectivity index (χ0v) is 10.0. The molecule has 1 amide bonds. The van der Waals surface area contributed by atoms with Gasteiger partial charge in [-0.1, -0.05) is 12.1 Å². The van der Waals surface area contributed by atoms with Crippen LogP contribution in [0.25, 0.3) is 0 Å². The number of hydrogen-bond acceptors (Lipinski definition) is 5. The van der Waals surface area contributed by atoms with Crippen molar-refractivity contribution in [3.05, 3.63) is 46.2 Å². The Hall–Kier alpha value is -2.34.